The minimum Gasteiger partial charge on any atom is -0.352 e. The van der Waals surface area contributed by atoms with Crippen molar-refractivity contribution in [3.63, 3.8) is 0 Å². The largest absolute Gasteiger partial charge is 0.352 e. The molecule has 0 bridgehead atoms. The van der Waals surface area contributed by atoms with Crippen molar-refractivity contribution >= 4 is 22.9 Å². The smallest absolute Gasteiger partial charge is 0.318 e. The van der Waals surface area contributed by atoms with E-state index >= 15 is 0 Å². The van der Waals surface area contributed by atoms with Gasteiger partial charge < -0.3 is 20.1 Å². The van der Waals surface area contributed by atoms with Crippen LogP contribution in [0, 0.1) is 11.6 Å². The molecule has 186 valence electrons. The fourth-order valence-corrected chi connectivity index (χ4v) is 4.77. The standard InChI is InChI=1S/C27H28F2N6O/c1-17(18-4-8-20(28)9-5-18)32-26(36)35-13-12-34(15-27(35,2)3)25-22-14-23(33-24(22)30-16-31-25)19-6-10-21(29)11-7-19/h4-11,14,16-17H,12-13,15H2,1-3H3,(H,32,36)(H,30,31,33)/t17-/m0/s1. The summed E-state index contributed by atoms with van der Waals surface area (Å²) in [6, 6.07) is 14.0. The number of aromatic amines is 1. The molecule has 0 aliphatic carbocycles. The van der Waals surface area contributed by atoms with Crippen molar-refractivity contribution in [3.8, 4) is 11.3 Å². The summed E-state index contributed by atoms with van der Waals surface area (Å²) < 4.78 is 26.6. The molecule has 3 heterocycles. The molecule has 2 N–H and O–H groups in total. The lowest BCUT2D eigenvalue weighted by atomic mass is 9.98. The summed E-state index contributed by atoms with van der Waals surface area (Å²) in [5.41, 5.74) is 2.76. The predicted molar refractivity (Wildman–Crippen MR) is 136 cm³/mol. The summed E-state index contributed by atoms with van der Waals surface area (Å²) in [5, 5.41) is 3.91. The Morgan fingerprint density at radius 2 is 1.69 bits per heavy atom. The Hall–Kier alpha value is -4.01. The number of hydrogen-bond donors (Lipinski definition) is 2. The third-order valence-electron chi connectivity index (χ3n) is 6.72. The summed E-state index contributed by atoms with van der Waals surface area (Å²) in [6.07, 6.45) is 1.53. The van der Waals surface area contributed by atoms with Crippen LogP contribution in [0.5, 0.6) is 0 Å². The van der Waals surface area contributed by atoms with Crippen LogP contribution in [0.15, 0.2) is 60.9 Å². The molecule has 2 amide bonds. The molecule has 2 aromatic heterocycles. The Balaban J connectivity index is 1.33. The van der Waals surface area contributed by atoms with Gasteiger partial charge in [0.05, 0.1) is 17.0 Å². The normalized spacial score (nSPS) is 16.2. The van der Waals surface area contributed by atoms with Gasteiger partial charge in [0.2, 0.25) is 0 Å². The van der Waals surface area contributed by atoms with Crippen molar-refractivity contribution in [3.05, 3.63) is 78.1 Å². The van der Waals surface area contributed by atoms with Crippen LogP contribution in [0.25, 0.3) is 22.3 Å². The van der Waals surface area contributed by atoms with Gasteiger partial charge in [-0.3, -0.25) is 0 Å². The molecular weight excluding hydrogens is 462 g/mol. The molecule has 0 radical (unpaired) electrons. The zero-order valence-corrected chi connectivity index (χ0v) is 20.4. The Labute approximate surface area is 208 Å². The number of nitrogens with one attached hydrogen (secondary N) is 2. The maximum absolute atomic E-state index is 13.4. The predicted octanol–water partition coefficient (Wildman–Crippen LogP) is 5.27. The van der Waals surface area contributed by atoms with E-state index in [4.69, 9.17) is 0 Å². The molecule has 0 spiro atoms. The van der Waals surface area contributed by atoms with Crippen molar-refractivity contribution in [2.45, 2.75) is 32.4 Å². The van der Waals surface area contributed by atoms with Gasteiger partial charge in [0.1, 0.15) is 29.4 Å². The number of benzene rings is 2. The van der Waals surface area contributed by atoms with Crippen molar-refractivity contribution < 1.29 is 13.6 Å². The van der Waals surface area contributed by atoms with Crippen LogP contribution in [-0.4, -0.2) is 51.1 Å². The lowest BCUT2D eigenvalue weighted by Gasteiger charge is -2.47. The molecule has 9 heteroatoms. The second kappa shape index (κ2) is 9.22. The van der Waals surface area contributed by atoms with Crippen LogP contribution in [0.3, 0.4) is 0 Å². The van der Waals surface area contributed by atoms with Gasteiger partial charge in [-0.1, -0.05) is 12.1 Å². The third-order valence-corrected chi connectivity index (χ3v) is 6.72. The Kier molecular flexibility index (Phi) is 6.07. The number of halogens is 2. The number of hydrogen-bond acceptors (Lipinski definition) is 4. The van der Waals surface area contributed by atoms with Gasteiger partial charge in [0.15, 0.2) is 0 Å². The number of urea groups is 1. The van der Waals surface area contributed by atoms with Gasteiger partial charge >= 0.3 is 6.03 Å². The number of piperazine rings is 1. The van der Waals surface area contributed by atoms with E-state index in [0.29, 0.717) is 25.3 Å². The summed E-state index contributed by atoms with van der Waals surface area (Å²) >= 11 is 0. The van der Waals surface area contributed by atoms with Crippen molar-refractivity contribution in [1.29, 1.82) is 0 Å². The quantitative estimate of drug-likeness (QED) is 0.408. The molecule has 7 nitrogen and oxygen atoms in total. The number of rotatable bonds is 4. The summed E-state index contributed by atoms with van der Waals surface area (Å²) in [4.78, 5) is 29.4. The average molecular weight is 491 g/mol. The summed E-state index contributed by atoms with van der Waals surface area (Å²) in [5.74, 6) is 0.199. The molecular formula is C27H28F2N6O. The molecule has 4 aromatic rings. The average Bonchev–Trinajstić information content (AvgIpc) is 3.28. The van der Waals surface area contributed by atoms with Gasteiger partial charge in [0, 0.05) is 25.3 Å². The highest BCUT2D eigenvalue weighted by molar-refractivity contribution is 5.92. The van der Waals surface area contributed by atoms with E-state index in [1.807, 2.05) is 31.7 Å². The first-order chi connectivity index (χ1) is 17.2. The van der Waals surface area contributed by atoms with Gasteiger partial charge in [-0.05, 0) is 74.4 Å². The number of carbonyl (C=O) groups is 1. The second-order valence-electron chi connectivity index (χ2n) is 9.76. The maximum atomic E-state index is 13.4. The highest BCUT2D eigenvalue weighted by Crippen LogP contribution is 2.32. The van der Waals surface area contributed by atoms with Crippen LogP contribution in [0.4, 0.5) is 19.4 Å². The molecule has 1 fully saturated rings. The first-order valence-corrected chi connectivity index (χ1v) is 11.9. The first kappa shape index (κ1) is 23.7. The molecule has 1 aliphatic rings. The molecule has 0 saturated carbocycles. The second-order valence-corrected chi connectivity index (χ2v) is 9.76. The highest BCUT2D eigenvalue weighted by Gasteiger charge is 2.38. The topological polar surface area (TPSA) is 77.2 Å². The summed E-state index contributed by atoms with van der Waals surface area (Å²) in [6.45, 7) is 7.63. The molecule has 1 aliphatic heterocycles. The summed E-state index contributed by atoms with van der Waals surface area (Å²) in [7, 11) is 0. The SMILES string of the molecule is C[C@H](NC(=O)N1CCN(c2ncnc3[nH]c(-c4ccc(F)cc4)cc23)CC1(C)C)c1ccc(F)cc1. The van der Waals surface area contributed by atoms with Crippen LogP contribution in [-0.2, 0) is 0 Å². The number of amides is 2. The Morgan fingerprint density at radius 3 is 2.36 bits per heavy atom. The first-order valence-electron chi connectivity index (χ1n) is 11.9. The van der Waals surface area contributed by atoms with Crippen molar-refractivity contribution in [2.75, 3.05) is 24.5 Å². The number of fused-ring (bicyclic) bond motifs is 1. The highest BCUT2D eigenvalue weighted by atomic mass is 19.1. The number of carbonyl (C=O) groups excluding carboxylic acids is 1. The minimum atomic E-state index is -0.474. The van der Waals surface area contributed by atoms with Gasteiger partial charge in [0.25, 0.3) is 0 Å². The van der Waals surface area contributed by atoms with Crippen LogP contribution in [0.1, 0.15) is 32.4 Å². The zero-order chi connectivity index (χ0) is 25.4. The van der Waals surface area contributed by atoms with Crippen molar-refractivity contribution in [1.82, 2.24) is 25.2 Å². The van der Waals surface area contributed by atoms with Crippen LogP contribution >= 0.6 is 0 Å². The Bertz CT molecular complexity index is 1380. The van der Waals surface area contributed by atoms with Crippen molar-refractivity contribution in [2.24, 2.45) is 0 Å². The van der Waals surface area contributed by atoms with Gasteiger partial charge in [-0.2, -0.15) is 0 Å². The fraction of sp³-hybridized carbons (Fsp3) is 0.296. The number of anilines is 1. The molecule has 36 heavy (non-hydrogen) atoms. The maximum Gasteiger partial charge on any atom is 0.318 e. The number of nitrogens with zero attached hydrogens (tertiary/aromatic N) is 4. The zero-order valence-electron chi connectivity index (χ0n) is 20.4. The van der Waals surface area contributed by atoms with Crippen LogP contribution < -0.4 is 10.2 Å². The van der Waals surface area contributed by atoms with E-state index in [0.717, 1.165) is 28.0 Å². The van der Waals surface area contributed by atoms with Gasteiger partial charge in [-0.15, -0.1) is 0 Å². The van der Waals surface area contributed by atoms with E-state index in [-0.39, 0.29) is 23.7 Å². The minimum absolute atomic E-state index is 0.162. The van der Waals surface area contributed by atoms with E-state index in [1.165, 1.54) is 30.6 Å². The van der Waals surface area contributed by atoms with Gasteiger partial charge in [-0.25, -0.2) is 23.5 Å². The Morgan fingerprint density at radius 1 is 1.03 bits per heavy atom. The van der Waals surface area contributed by atoms with E-state index in [9.17, 15) is 13.6 Å². The fourth-order valence-electron chi connectivity index (χ4n) is 4.77. The molecule has 0 unspecified atom stereocenters. The van der Waals surface area contributed by atoms with E-state index in [1.54, 1.807) is 24.3 Å². The number of aromatic nitrogens is 3. The molecule has 5 rings (SSSR count). The van der Waals surface area contributed by atoms with E-state index < -0.39 is 5.54 Å². The molecule has 1 atom stereocenters. The number of H-pyrrole nitrogens is 1. The monoisotopic (exact) mass is 490 g/mol. The molecule has 2 aromatic carbocycles. The third kappa shape index (κ3) is 4.60. The molecule has 1 saturated heterocycles. The van der Waals surface area contributed by atoms with E-state index in [2.05, 4.69) is 25.2 Å². The van der Waals surface area contributed by atoms with Crippen LogP contribution in [0.2, 0.25) is 0 Å². The lowest BCUT2D eigenvalue weighted by molar-refractivity contribution is 0.121. The lowest BCUT2D eigenvalue weighted by Crippen LogP contribution is -2.63.